The molecule has 0 aliphatic heterocycles. The molecule has 0 radical (unpaired) electrons. The van der Waals surface area contributed by atoms with Crippen molar-refractivity contribution in [3.05, 3.63) is 59.2 Å². The van der Waals surface area contributed by atoms with E-state index in [1.807, 2.05) is 12.1 Å². The normalized spacial score (nSPS) is 10.8. The van der Waals surface area contributed by atoms with Crippen molar-refractivity contribution >= 4 is 0 Å². The summed E-state index contributed by atoms with van der Waals surface area (Å²) in [6.07, 6.45) is 1.02. The van der Waals surface area contributed by atoms with Gasteiger partial charge in [0.1, 0.15) is 11.6 Å². The van der Waals surface area contributed by atoms with Crippen LogP contribution >= 0.6 is 0 Å². The summed E-state index contributed by atoms with van der Waals surface area (Å²) in [4.78, 5) is 0. The number of halogens is 2. The van der Waals surface area contributed by atoms with Crippen molar-refractivity contribution < 1.29 is 8.78 Å². The Bertz CT molecular complexity index is 594. The van der Waals surface area contributed by atoms with Crippen LogP contribution in [0.25, 0.3) is 11.1 Å². The minimum atomic E-state index is -0.518. The van der Waals surface area contributed by atoms with Gasteiger partial charge in [-0.05, 0) is 42.6 Å². The van der Waals surface area contributed by atoms with Gasteiger partial charge in [-0.3, -0.25) is 0 Å². The Kier molecular flexibility index (Phi) is 4.85. The predicted molar refractivity (Wildman–Crippen MR) is 78.5 cm³/mol. The molecule has 2 aromatic rings. The fourth-order valence-corrected chi connectivity index (χ4v) is 2.22. The third-order valence-electron chi connectivity index (χ3n) is 3.31. The van der Waals surface area contributed by atoms with E-state index in [1.54, 1.807) is 19.1 Å². The number of nitrogens with one attached hydrogen (secondary N) is 1. The topological polar surface area (TPSA) is 12.0 Å². The maximum atomic E-state index is 14.3. The maximum Gasteiger partial charge on any atom is 0.136 e. The smallest absolute Gasteiger partial charge is 0.136 e. The van der Waals surface area contributed by atoms with Crippen LogP contribution < -0.4 is 5.32 Å². The molecule has 2 rings (SSSR count). The van der Waals surface area contributed by atoms with Crippen molar-refractivity contribution in [1.29, 1.82) is 0 Å². The van der Waals surface area contributed by atoms with E-state index in [1.165, 1.54) is 12.1 Å². The van der Waals surface area contributed by atoms with E-state index in [9.17, 15) is 8.78 Å². The first-order chi connectivity index (χ1) is 9.65. The molecule has 0 amide bonds. The summed E-state index contributed by atoms with van der Waals surface area (Å²) in [5.74, 6) is -0.996. The van der Waals surface area contributed by atoms with Crippen molar-refractivity contribution in [2.75, 3.05) is 6.54 Å². The first-order valence-electron chi connectivity index (χ1n) is 6.88. The largest absolute Gasteiger partial charge is 0.313 e. The number of benzene rings is 2. The van der Waals surface area contributed by atoms with Gasteiger partial charge in [0.25, 0.3) is 0 Å². The fourth-order valence-electron chi connectivity index (χ4n) is 2.22. The highest BCUT2D eigenvalue weighted by Crippen LogP contribution is 2.30. The molecule has 1 N–H and O–H groups in total. The lowest BCUT2D eigenvalue weighted by Gasteiger charge is -2.13. The lowest BCUT2D eigenvalue weighted by atomic mass is 9.97. The van der Waals surface area contributed by atoms with Crippen molar-refractivity contribution in [2.45, 2.75) is 26.8 Å². The van der Waals surface area contributed by atoms with Crippen LogP contribution in [0.3, 0.4) is 0 Å². The summed E-state index contributed by atoms with van der Waals surface area (Å²) < 4.78 is 28.3. The molecular weight excluding hydrogens is 256 g/mol. The molecule has 0 bridgehead atoms. The summed E-state index contributed by atoms with van der Waals surface area (Å²) in [6, 6.07) is 10.1. The van der Waals surface area contributed by atoms with Crippen molar-refractivity contribution in [2.24, 2.45) is 0 Å². The number of rotatable bonds is 5. The minimum absolute atomic E-state index is 0.0684. The summed E-state index contributed by atoms with van der Waals surface area (Å²) in [7, 11) is 0. The van der Waals surface area contributed by atoms with Gasteiger partial charge in [0.05, 0.1) is 5.56 Å². The zero-order valence-corrected chi connectivity index (χ0v) is 11.8. The highest BCUT2D eigenvalue weighted by Gasteiger charge is 2.16. The molecule has 106 valence electrons. The van der Waals surface area contributed by atoms with Gasteiger partial charge in [-0.15, -0.1) is 0 Å². The summed E-state index contributed by atoms with van der Waals surface area (Å²) >= 11 is 0. The van der Waals surface area contributed by atoms with Crippen LogP contribution in [-0.2, 0) is 6.54 Å². The summed E-state index contributed by atoms with van der Waals surface area (Å²) in [5.41, 5.74) is 2.05. The molecule has 20 heavy (non-hydrogen) atoms. The summed E-state index contributed by atoms with van der Waals surface area (Å²) in [6.45, 7) is 5.22. The van der Waals surface area contributed by atoms with E-state index >= 15 is 0 Å². The first kappa shape index (κ1) is 14.7. The van der Waals surface area contributed by atoms with Gasteiger partial charge < -0.3 is 5.32 Å². The molecular formula is C17H19F2N. The van der Waals surface area contributed by atoms with E-state index in [2.05, 4.69) is 12.2 Å². The van der Waals surface area contributed by atoms with E-state index in [4.69, 9.17) is 0 Å². The molecule has 0 aromatic heterocycles. The maximum absolute atomic E-state index is 14.3. The monoisotopic (exact) mass is 275 g/mol. The van der Waals surface area contributed by atoms with Gasteiger partial charge >= 0.3 is 0 Å². The fraction of sp³-hybridized carbons (Fsp3) is 0.294. The molecule has 0 aliphatic carbocycles. The average Bonchev–Trinajstić information content (AvgIpc) is 2.45. The second-order valence-corrected chi connectivity index (χ2v) is 4.89. The van der Waals surface area contributed by atoms with E-state index in [0.29, 0.717) is 17.7 Å². The molecule has 0 spiro atoms. The Labute approximate surface area is 118 Å². The SMILES string of the molecule is CCCNCc1ccccc1-c1c(F)ccc(C)c1F. The lowest BCUT2D eigenvalue weighted by Crippen LogP contribution is -2.14. The van der Waals surface area contributed by atoms with Gasteiger partial charge in [0.2, 0.25) is 0 Å². The molecule has 0 saturated carbocycles. The minimum Gasteiger partial charge on any atom is -0.313 e. The Balaban J connectivity index is 2.45. The molecule has 0 saturated heterocycles. The molecule has 0 heterocycles. The highest BCUT2D eigenvalue weighted by molar-refractivity contribution is 5.69. The first-order valence-corrected chi connectivity index (χ1v) is 6.88. The van der Waals surface area contributed by atoms with Crippen LogP contribution in [0.5, 0.6) is 0 Å². The standard InChI is InChI=1S/C17H19F2N/c1-3-10-20-11-13-6-4-5-7-14(13)16-15(18)9-8-12(2)17(16)19/h4-9,20H,3,10-11H2,1-2H3. The Hall–Kier alpha value is -1.74. The van der Waals surface area contributed by atoms with E-state index in [0.717, 1.165) is 18.5 Å². The van der Waals surface area contributed by atoms with Crippen LogP contribution in [0.15, 0.2) is 36.4 Å². The third-order valence-corrected chi connectivity index (χ3v) is 3.31. The Morgan fingerprint density at radius 3 is 2.55 bits per heavy atom. The number of hydrogen-bond donors (Lipinski definition) is 1. The second-order valence-electron chi connectivity index (χ2n) is 4.89. The van der Waals surface area contributed by atoms with Crippen LogP contribution in [0.4, 0.5) is 8.78 Å². The zero-order chi connectivity index (χ0) is 14.5. The molecule has 0 aliphatic rings. The molecule has 0 fully saturated rings. The Morgan fingerprint density at radius 2 is 1.80 bits per heavy atom. The van der Waals surface area contributed by atoms with Gasteiger partial charge in [-0.25, -0.2) is 8.78 Å². The van der Waals surface area contributed by atoms with Crippen molar-refractivity contribution in [3.8, 4) is 11.1 Å². The molecule has 2 aromatic carbocycles. The molecule has 0 atom stereocenters. The van der Waals surface area contributed by atoms with Crippen LogP contribution in [0.1, 0.15) is 24.5 Å². The summed E-state index contributed by atoms with van der Waals surface area (Å²) in [5, 5.41) is 3.27. The average molecular weight is 275 g/mol. The van der Waals surface area contributed by atoms with Crippen LogP contribution in [-0.4, -0.2) is 6.54 Å². The van der Waals surface area contributed by atoms with E-state index < -0.39 is 11.6 Å². The third kappa shape index (κ3) is 3.05. The lowest BCUT2D eigenvalue weighted by molar-refractivity contribution is 0.583. The van der Waals surface area contributed by atoms with Crippen molar-refractivity contribution in [1.82, 2.24) is 5.32 Å². The highest BCUT2D eigenvalue weighted by atomic mass is 19.1. The van der Waals surface area contributed by atoms with Crippen LogP contribution in [0, 0.1) is 18.6 Å². The van der Waals surface area contributed by atoms with Crippen LogP contribution in [0.2, 0.25) is 0 Å². The predicted octanol–water partition coefficient (Wildman–Crippen LogP) is 4.44. The molecule has 3 heteroatoms. The quantitative estimate of drug-likeness (QED) is 0.795. The number of aryl methyl sites for hydroxylation is 1. The molecule has 1 nitrogen and oxygen atoms in total. The van der Waals surface area contributed by atoms with Gasteiger partial charge in [0.15, 0.2) is 0 Å². The molecule has 0 unspecified atom stereocenters. The zero-order valence-electron chi connectivity index (χ0n) is 11.8. The second kappa shape index (κ2) is 6.62. The van der Waals surface area contributed by atoms with E-state index in [-0.39, 0.29) is 5.56 Å². The Morgan fingerprint density at radius 1 is 1.05 bits per heavy atom. The van der Waals surface area contributed by atoms with Crippen molar-refractivity contribution in [3.63, 3.8) is 0 Å². The number of hydrogen-bond acceptors (Lipinski definition) is 1. The van der Waals surface area contributed by atoms with Gasteiger partial charge in [-0.1, -0.05) is 37.3 Å². The van der Waals surface area contributed by atoms with Gasteiger partial charge in [-0.2, -0.15) is 0 Å². The van der Waals surface area contributed by atoms with Gasteiger partial charge in [0, 0.05) is 6.54 Å².